The summed E-state index contributed by atoms with van der Waals surface area (Å²) >= 11 is 12.1. The summed E-state index contributed by atoms with van der Waals surface area (Å²) < 4.78 is 5.68. The number of aliphatic carboxylic acids is 2. The van der Waals surface area contributed by atoms with Crippen molar-refractivity contribution in [2.24, 2.45) is 0 Å². The van der Waals surface area contributed by atoms with E-state index < -0.39 is 30.3 Å². The first kappa shape index (κ1) is 20.1. The highest BCUT2D eigenvalue weighted by molar-refractivity contribution is 8.26. The van der Waals surface area contributed by atoms with Gasteiger partial charge in [-0.05, 0) is 24.3 Å². The van der Waals surface area contributed by atoms with E-state index in [1.54, 1.807) is 30.3 Å². The van der Waals surface area contributed by atoms with Crippen LogP contribution in [0.25, 0.3) is 17.4 Å². The van der Waals surface area contributed by atoms with E-state index in [1.807, 2.05) is 6.07 Å². The van der Waals surface area contributed by atoms with Gasteiger partial charge in [0.25, 0.3) is 5.91 Å². The van der Waals surface area contributed by atoms with Crippen LogP contribution in [0.1, 0.15) is 12.2 Å². The molecule has 1 aromatic carbocycles. The van der Waals surface area contributed by atoms with Gasteiger partial charge < -0.3 is 14.6 Å². The van der Waals surface area contributed by atoms with Gasteiger partial charge in [-0.25, -0.2) is 4.79 Å². The second-order valence-electron chi connectivity index (χ2n) is 5.69. The van der Waals surface area contributed by atoms with Crippen molar-refractivity contribution in [2.45, 2.75) is 12.5 Å². The number of carboxylic acid groups (broad SMARTS) is 2. The van der Waals surface area contributed by atoms with Crippen molar-refractivity contribution in [3.63, 3.8) is 0 Å². The normalized spacial score (nSPS) is 16.6. The molecule has 7 nitrogen and oxygen atoms in total. The number of amides is 1. The highest BCUT2D eigenvalue weighted by atomic mass is 35.5. The summed E-state index contributed by atoms with van der Waals surface area (Å²) in [6, 6.07) is 8.85. The predicted molar refractivity (Wildman–Crippen MR) is 108 cm³/mol. The number of halogens is 1. The molecule has 0 radical (unpaired) electrons. The van der Waals surface area contributed by atoms with E-state index in [2.05, 4.69) is 0 Å². The number of benzene rings is 1. The van der Waals surface area contributed by atoms with Gasteiger partial charge in [-0.15, -0.1) is 0 Å². The van der Waals surface area contributed by atoms with Crippen LogP contribution in [0.15, 0.2) is 45.7 Å². The Morgan fingerprint density at radius 1 is 1.25 bits per heavy atom. The monoisotopic (exact) mass is 437 g/mol. The summed E-state index contributed by atoms with van der Waals surface area (Å²) in [4.78, 5) is 35.9. The smallest absolute Gasteiger partial charge is 0.327 e. The molecule has 1 aliphatic rings. The molecule has 1 aliphatic heterocycles. The van der Waals surface area contributed by atoms with Crippen LogP contribution in [0.2, 0.25) is 5.02 Å². The Balaban J connectivity index is 1.87. The van der Waals surface area contributed by atoms with Gasteiger partial charge in [0.2, 0.25) is 0 Å². The second-order valence-corrected chi connectivity index (χ2v) is 7.77. The number of thioether (sulfide) groups is 1. The molecular weight excluding hydrogens is 426 g/mol. The lowest BCUT2D eigenvalue weighted by molar-refractivity contribution is -0.150. The molecule has 2 heterocycles. The Labute approximate surface area is 173 Å². The molecule has 1 aromatic heterocycles. The fourth-order valence-electron chi connectivity index (χ4n) is 2.57. The number of hydrogen-bond acceptors (Lipinski definition) is 6. The standard InChI is InChI=1S/C18H12ClNO6S2/c19-11-4-2-1-3-10(11)13-6-5-9(26-13)7-14-16(23)20(18(27)28-14)12(17(24)25)8-15(21)22/h1-7,12H,8H2,(H,21,22)(H,24,25)/b14-7+/t12-/m1/s1. The third-order valence-electron chi connectivity index (χ3n) is 3.83. The summed E-state index contributed by atoms with van der Waals surface area (Å²) in [6.45, 7) is 0. The zero-order valence-electron chi connectivity index (χ0n) is 14.0. The second kappa shape index (κ2) is 8.17. The van der Waals surface area contributed by atoms with E-state index in [9.17, 15) is 19.5 Å². The minimum atomic E-state index is -1.58. The Morgan fingerprint density at radius 2 is 1.96 bits per heavy atom. The van der Waals surface area contributed by atoms with Crippen LogP contribution in [0.3, 0.4) is 0 Å². The Kier molecular flexibility index (Phi) is 5.87. The van der Waals surface area contributed by atoms with E-state index in [4.69, 9.17) is 33.3 Å². The van der Waals surface area contributed by atoms with Crippen LogP contribution >= 0.6 is 35.6 Å². The molecule has 10 heteroatoms. The average molecular weight is 438 g/mol. The zero-order valence-corrected chi connectivity index (χ0v) is 16.4. The average Bonchev–Trinajstić information content (AvgIpc) is 3.18. The first-order valence-corrected chi connectivity index (χ1v) is 9.44. The maximum absolute atomic E-state index is 12.6. The summed E-state index contributed by atoms with van der Waals surface area (Å²) in [5.74, 6) is -2.62. The molecule has 3 rings (SSSR count). The number of rotatable bonds is 6. The molecule has 0 spiro atoms. The van der Waals surface area contributed by atoms with Crippen LogP contribution < -0.4 is 0 Å². The third kappa shape index (κ3) is 4.11. The quantitative estimate of drug-likeness (QED) is 0.520. The number of carbonyl (C=O) groups excluding carboxylic acids is 1. The van der Waals surface area contributed by atoms with Crippen molar-refractivity contribution >= 4 is 63.8 Å². The zero-order chi connectivity index (χ0) is 20.4. The largest absolute Gasteiger partial charge is 0.481 e. The summed E-state index contributed by atoms with van der Waals surface area (Å²) in [5.41, 5.74) is 0.684. The van der Waals surface area contributed by atoms with E-state index >= 15 is 0 Å². The van der Waals surface area contributed by atoms with Crippen LogP contribution in [0.4, 0.5) is 0 Å². The lowest BCUT2D eigenvalue weighted by Gasteiger charge is -2.21. The minimum Gasteiger partial charge on any atom is -0.481 e. The molecule has 144 valence electrons. The van der Waals surface area contributed by atoms with Gasteiger partial charge in [0.1, 0.15) is 21.9 Å². The Hall–Kier alpha value is -2.62. The SMILES string of the molecule is O=C(O)C[C@H](C(=O)O)N1C(=O)/C(=C\c2ccc(-c3ccccc3Cl)o2)SC1=S. The summed E-state index contributed by atoms with van der Waals surface area (Å²) in [6.07, 6.45) is 0.672. The molecule has 1 fully saturated rings. The molecule has 1 amide bonds. The highest BCUT2D eigenvalue weighted by Crippen LogP contribution is 2.36. The van der Waals surface area contributed by atoms with E-state index in [0.717, 1.165) is 16.7 Å². The fraction of sp³-hybridized carbons (Fsp3) is 0.111. The number of furan rings is 1. The van der Waals surface area contributed by atoms with E-state index in [0.29, 0.717) is 22.1 Å². The van der Waals surface area contributed by atoms with Gasteiger partial charge in [0, 0.05) is 11.6 Å². The number of carbonyl (C=O) groups is 3. The highest BCUT2D eigenvalue weighted by Gasteiger charge is 2.41. The molecule has 0 saturated carbocycles. The third-order valence-corrected chi connectivity index (χ3v) is 5.49. The number of thiocarbonyl (C=S) groups is 1. The lowest BCUT2D eigenvalue weighted by Crippen LogP contribution is -2.45. The van der Waals surface area contributed by atoms with Gasteiger partial charge in [-0.1, -0.05) is 47.7 Å². The first-order chi connectivity index (χ1) is 13.3. The van der Waals surface area contributed by atoms with Gasteiger partial charge in [0.15, 0.2) is 0 Å². The van der Waals surface area contributed by atoms with Crippen molar-refractivity contribution in [3.8, 4) is 11.3 Å². The van der Waals surface area contributed by atoms with E-state index in [-0.39, 0.29) is 9.23 Å². The van der Waals surface area contributed by atoms with Crippen LogP contribution in [0.5, 0.6) is 0 Å². The molecule has 0 unspecified atom stereocenters. The number of hydrogen-bond donors (Lipinski definition) is 2. The fourth-order valence-corrected chi connectivity index (χ4v) is 4.13. The van der Waals surface area contributed by atoms with Crippen molar-refractivity contribution in [1.29, 1.82) is 0 Å². The number of nitrogens with zero attached hydrogens (tertiary/aromatic N) is 1. The van der Waals surface area contributed by atoms with Gasteiger partial charge in [0.05, 0.1) is 16.3 Å². The van der Waals surface area contributed by atoms with Crippen LogP contribution in [0, 0.1) is 0 Å². The van der Waals surface area contributed by atoms with Crippen molar-refractivity contribution < 1.29 is 29.0 Å². The van der Waals surface area contributed by atoms with Gasteiger partial charge in [-0.3, -0.25) is 14.5 Å². The number of carboxylic acids is 2. The Bertz CT molecular complexity index is 1020. The topological polar surface area (TPSA) is 108 Å². The van der Waals surface area contributed by atoms with Gasteiger partial charge in [-0.2, -0.15) is 0 Å². The van der Waals surface area contributed by atoms with Gasteiger partial charge >= 0.3 is 11.9 Å². The summed E-state index contributed by atoms with van der Waals surface area (Å²) in [5, 5.41) is 18.7. The maximum Gasteiger partial charge on any atom is 0.327 e. The summed E-state index contributed by atoms with van der Waals surface area (Å²) in [7, 11) is 0. The molecule has 2 N–H and O–H groups in total. The molecule has 28 heavy (non-hydrogen) atoms. The van der Waals surface area contributed by atoms with Crippen molar-refractivity contribution in [3.05, 3.63) is 52.1 Å². The molecular formula is C18H12ClNO6S2. The van der Waals surface area contributed by atoms with Crippen molar-refractivity contribution in [1.82, 2.24) is 4.90 Å². The maximum atomic E-state index is 12.6. The molecule has 0 bridgehead atoms. The molecule has 2 aromatic rings. The lowest BCUT2D eigenvalue weighted by atomic mass is 10.2. The van der Waals surface area contributed by atoms with Crippen LogP contribution in [-0.4, -0.2) is 43.3 Å². The predicted octanol–water partition coefficient (Wildman–Crippen LogP) is 3.73. The van der Waals surface area contributed by atoms with E-state index in [1.165, 1.54) is 6.08 Å². The van der Waals surface area contributed by atoms with Crippen molar-refractivity contribution in [2.75, 3.05) is 0 Å². The molecule has 1 saturated heterocycles. The van der Waals surface area contributed by atoms with Crippen LogP contribution in [-0.2, 0) is 14.4 Å². The molecule has 1 atom stereocenters. The first-order valence-electron chi connectivity index (χ1n) is 7.84. The Morgan fingerprint density at radius 3 is 2.61 bits per heavy atom. The molecule has 0 aliphatic carbocycles. The minimum absolute atomic E-state index is 0.0252.